The Morgan fingerprint density at radius 1 is 1.03 bits per heavy atom. The molecule has 2 aromatic carbocycles. The van der Waals surface area contributed by atoms with Crippen LogP contribution in [0.25, 0.3) is 11.3 Å². The van der Waals surface area contributed by atoms with Gasteiger partial charge in [-0.15, -0.1) is 11.3 Å². The summed E-state index contributed by atoms with van der Waals surface area (Å²) >= 11 is 7.53. The largest absolute Gasteiger partial charge is 0.345 e. The van der Waals surface area contributed by atoms with Crippen LogP contribution in [-0.4, -0.2) is 43.9 Å². The molecule has 0 unspecified atom stereocenters. The van der Waals surface area contributed by atoms with E-state index in [0.29, 0.717) is 26.2 Å². The van der Waals surface area contributed by atoms with Gasteiger partial charge in [0.1, 0.15) is 10.7 Å². The van der Waals surface area contributed by atoms with Gasteiger partial charge >= 0.3 is 0 Å². The fourth-order valence-electron chi connectivity index (χ4n) is 3.39. The Morgan fingerprint density at radius 2 is 1.77 bits per heavy atom. The molecule has 0 amide bonds. The first kappa shape index (κ1) is 21.2. The number of anilines is 1. The topological polar surface area (TPSA) is 53.5 Å². The van der Waals surface area contributed by atoms with Crippen LogP contribution < -0.4 is 4.90 Å². The van der Waals surface area contributed by atoms with Crippen molar-refractivity contribution in [1.29, 1.82) is 0 Å². The molecule has 5 nitrogen and oxygen atoms in total. The van der Waals surface area contributed by atoms with Crippen molar-refractivity contribution in [2.45, 2.75) is 18.7 Å². The van der Waals surface area contributed by atoms with E-state index in [-0.39, 0.29) is 9.92 Å². The molecular formula is C21H21ClFN3O2S2. The standard InChI is InChI=1S/C21H21ClFN3O2S2/c1-14-3-4-16(11-15(14)2)19-13-29-21(24-19)25-7-9-26(10-8-25)30(27,28)20-6-5-17(23)12-18(20)22/h3-6,11-13H,7-10H2,1-2H3. The molecule has 0 bridgehead atoms. The monoisotopic (exact) mass is 465 g/mol. The van der Waals surface area contributed by atoms with E-state index >= 15 is 0 Å². The summed E-state index contributed by atoms with van der Waals surface area (Å²) in [7, 11) is -3.77. The van der Waals surface area contributed by atoms with Crippen molar-refractivity contribution in [1.82, 2.24) is 9.29 Å². The quantitative estimate of drug-likeness (QED) is 0.559. The molecule has 0 saturated carbocycles. The number of rotatable bonds is 4. The van der Waals surface area contributed by atoms with Gasteiger partial charge in [0, 0.05) is 37.1 Å². The van der Waals surface area contributed by atoms with Crippen LogP contribution in [0.5, 0.6) is 0 Å². The molecule has 3 aromatic rings. The zero-order valence-electron chi connectivity index (χ0n) is 16.6. The highest BCUT2D eigenvalue weighted by molar-refractivity contribution is 7.89. The summed E-state index contributed by atoms with van der Waals surface area (Å²) in [5.74, 6) is -0.563. The minimum atomic E-state index is -3.77. The molecule has 2 heterocycles. The number of hydrogen-bond acceptors (Lipinski definition) is 5. The molecular weight excluding hydrogens is 445 g/mol. The second-order valence-electron chi connectivity index (χ2n) is 7.28. The maximum Gasteiger partial charge on any atom is 0.244 e. The third-order valence-corrected chi connectivity index (χ3v) is 8.60. The second-order valence-corrected chi connectivity index (χ2v) is 10.4. The van der Waals surface area contributed by atoms with E-state index in [1.165, 1.54) is 21.5 Å². The van der Waals surface area contributed by atoms with Crippen LogP contribution >= 0.6 is 22.9 Å². The van der Waals surface area contributed by atoms with E-state index in [1.54, 1.807) is 11.3 Å². The molecule has 30 heavy (non-hydrogen) atoms. The first-order valence-corrected chi connectivity index (χ1v) is 12.2. The Kier molecular flexibility index (Phi) is 5.85. The molecule has 0 atom stereocenters. The highest BCUT2D eigenvalue weighted by Crippen LogP contribution is 2.31. The molecule has 4 rings (SSSR count). The van der Waals surface area contributed by atoms with Gasteiger partial charge in [-0.1, -0.05) is 23.7 Å². The number of thiazole rings is 1. The van der Waals surface area contributed by atoms with E-state index < -0.39 is 15.8 Å². The Hall–Kier alpha value is -2.00. The zero-order chi connectivity index (χ0) is 21.5. The van der Waals surface area contributed by atoms with Gasteiger partial charge in [-0.3, -0.25) is 0 Å². The van der Waals surface area contributed by atoms with Crippen LogP contribution in [0.15, 0.2) is 46.7 Å². The average molecular weight is 466 g/mol. The number of piperazine rings is 1. The molecule has 1 fully saturated rings. The molecule has 1 aromatic heterocycles. The lowest BCUT2D eigenvalue weighted by molar-refractivity contribution is 0.384. The van der Waals surface area contributed by atoms with Crippen LogP contribution in [0.1, 0.15) is 11.1 Å². The summed E-state index contributed by atoms with van der Waals surface area (Å²) in [6.07, 6.45) is 0. The molecule has 9 heteroatoms. The van der Waals surface area contributed by atoms with Crippen molar-refractivity contribution in [3.63, 3.8) is 0 Å². The lowest BCUT2D eigenvalue weighted by Crippen LogP contribution is -2.48. The minimum absolute atomic E-state index is 0.0645. The van der Waals surface area contributed by atoms with E-state index in [1.807, 2.05) is 5.38 Å². The summed E-state index contributed by atoms with van der Waals surface area (Å²) in [4.78, 5) is 6.78. The van der Waals surface area contributed by atoms with Crippen LogP contribution in [0.2, 0.25) is 5.02 Å². The predicted molar refractivity (Wildman–Crippen MR) is 119 cm³/mol. The minimum Gasteiger partial charge on any atom is -0.345 e. The van der Waals surface area contributed by atoms with E-state index in [2.05, 4.69) is 36.9 Å². The van der Waals surface area contributed by atoms with Gasteiger partial charge < -0.3 is 4.90 Å². The third kappa shape index (κ3) is 4.09. The normalized spacial score (nSPS) is 15.5. The fraction of sp³-hybridized carbons (Fsp3) is 0.286. The van der Waals surface area contributed by atoms with Gasteiger partial charge in [-0.2, -0.15) is 4.31 Å². The van der Waals surface area contributed by atoms with Crippen molar-refractivity contribution in [2.24, 2.45) is 0 Å². The maximum absolute atomic E-state index is 13.3. The maximum atomic E-state index is 13.3. The van der Waals surface area contributed by atoms with Crippen molar-refractivity contribution in [3.8, 4) is 11.3 Å². The number of benzene rings is 2. The second kappa shape index (κ2) is 8.26. The lowest BCUT2D eigenvalue weighted by atomic mass is 10.1. The van der Waals surface area contributed by atoms with Crippen LogP contribution in [-0.2, 0) is 10.0 Å². The van der Waals surface area contributed by atoms with Crippen molar-refractivity contribution < 1.29 is 12.8 Å². The fourth-order valence-corrected chi connectivity index (χ4v) is 6.20. The zero-order valence-corrected chi connectivity index (χ0v) is 19.0. The number of aromatic nitrogens is 1. The molecule has 1 aliphatic rings. The van der Waals surface area contributed by atoms with Crippen LogP contribution in [0, 0.1) is 19.7 Å². The SMILES string of the molecule is Cc1ccc(-c2csc(N3CCN(S(=O)(=O)c4ccc(F)cc4Cl)CC3)n2)cc1C. The van der Waals surface area contributed by atoms with Gasteiger partial charge in [0.25, 0.3) is 0 Å². The molecule has 1 saturated heterocycles. The smallest absolute Gasteiger partial charge is 0.244 e. The van der Waals surface area contributed by atoms with E-state index in [9.17, 15) is 12.8 Å². The number of sulfonamides is 1. The summed E-state index contributed by atoms with van der Waals surface area (Å²) in [5, 5.41) is 2.80. The Morgan fingerprint density at radius 3 is 2.43 bits per heavy atom. The number of halogens is 2. The Bertz CT molecular complexity index is 1190. The molecule has 0 N–H and O–H groups in total. The number of aryl methyl sites for hydroxylation is 2. The highest BCUT2D eigenvalue weighted by Gasteiger charge is 2.31. The first-order chi connectivity index (χ1) is 14.3. The summed E-state index contributed by atoms with van der Waals surface area (Å²) in [6.45, 7) is 5.84. The molecule has 0 spiro atoms. The van der Waals surface area contributed by atoms with Crippen molar-refractivity contribution >= 4 is 38.1 Å². The van der Waals surface area contributed by atoms with Gasteiger partial charge in [-0.05, 0) is 49.2 Å². The lowest BCUT2D eigenvalue weighted by Gasteiger charge is -2.33. The van der Waals surface area contributed by atoms with Gasteiger partial charge in [0.05, 0.1) is 10.7 Å². The number of nitrogens with zero attached hydrogens (tertiary/aromatic N) is 3. The molecule has 0 aliphatic carbocycles. The van der Waals surface area contributed by atoms with Gasteiger partial charge in [-0.25, -0.2) is 17.8 Å². The van der Waals surface area contributed by atoms with Crippen molar-refractivity contribution in [3.05, 3.63) is 63.7 Å². The van der Waals surface area contributed by atoms with Crippen LogP contribution in [0.3, 0.4) is 0 Å². The number of hydrogen-bond donors (Lipinski definition) is 0. The molecule has 0 radical (unpaired) electrons. The Labute approximate surface area is 184 Å². The van der Waals surface area contributed by atoms with Gasteiger partial charge in [0.15, 0.2) is 5.13 Å². The Balaban J connectivity index is 1.47. The molecule has 158 valence electrons. The van der Waals surface area contributed by atoms with Gasteiger partial charge in [0.2, 0.25) is 10.0 Å². The summed E-state index contributed by atoms with van der Waals surface area (Å²) < 4.78 is 40.5. The summed E-state index contributed by atoms with van der Waals surface area (Å²) in [5.41, 5.74) is 4.46. The van der Waals surface area contributed by atoms with E-state index in [0.717, 1.165) is 28.5 Å². The van der Waals surface area contributed by atoms with Crippen LogP contribution in [0.4, 0.5) is 9.52 Å². The average Bonchev–Trinajstić information content (AvgIpc) is 3.20. The van der Waals surface area contributed by atoms with Crippen molar-refractivity contribution in [2.75, 3.05) is 31.1 Å². The summed E-state index contributed by atoms with van der Waals surface area (Å²) in [6, 6.07) is 9.64. The molecule has 1 aliphatic heterocycles. The predicted octanol–water partition coefficient (Wildman–Crippen LogP) is 4.73. The highest BCUT2D eigenvalue weighted by atomic mass is 35.5. The first-order valence-electron chi connectivity index (χ1n) is 9.49. The van der Waals surface area contributed by atoms with E-state index in [4.69, 9.17) is 16.6 Å². The third-order valence-electron chi connectivity index (χ3n) is 5.32.